The second-order valence-electron chi connectivity index (χ2n) is 15.0. The number of hydrogen-bond acceptors (Lipinski definition) is 11. The Balaban J connectivity index is 1.37. The van der Waals surface area contributed by atoms with Crippen LogP contribution < -0.4 is 0 Å². The number of hydrogen-bond donors (Lipinski definition) is 3. The van der Waals surface area contributed by atoms with Gasteiger partial charge in [0.1, 0.15) is 17.8 Å². The van der Waals surface area contributed by atoms with Gasteiger partial charge in [0.2, 0.25) is 6.29 Å². The van der Waals surface area contributed by atoms with E-state index >= 15 is 0 Å². The van der Waals surface area contributed by atoms with E-state index in [1.807, 2.05) is 26.8 Å². The summed E-state index contributed by atoms with van der Waals surface area (Å²) in [5, 5.41) is 36.5. The van der Waals surface area contributed by atoms with Crippen LogP contribution in [-0.2, 0) is 33.3 Å². The van der Waals surface area contributed by atoms with E-state index in [9.17, 15) is 29.7 Å². The minimum atomic E-state index is -1.46. The Kier molecular flexibility index (Phi) is 6.47. The van der Waals surface area contributed by atoms with Gasteiger partial charge in [-0.25, -0.2) is 0 Å². The van der Waals surface area contributed by atoms with E-state index < -0.39 is 93.4 Å². The van der Waals surface area contributed by atoms with Crippen molar-refractivity contribution in [2.75, 3.05) is 6.61 Å². The molecular formula is C33H44O11. The summed E-state index contributed by atoms with van der Waals surface area (Å²) < 4.78 is 30.0. The second kappa shape index (κ2) is 9.37. The molecule has 4 saturated carbocycles. The molecule has 6 aliphatic rings. The lowest BCUT2D eigenvalue weighted by Gasteiger charge is -2.73. The van der Waals surface area contributed by atoms with Gasteiger partial charge < -0.3 is 38.7 Å². The molecule has 0 aromatic carbocycles. The van der Waals surface area contributed by atoms with Gasteiger partial charge in [0, 0.05) is 41.4 Å². The molecule has 2 aliphatic heterocycles. The quantitative estimate of drug-likeness (QED) is 0.329. The molecule has 1 aromatic rings. The molecule has 1 aromatic heterocycles. The Morgan fingerprint density at radius 3 is 2.43 bits per heavy atom. The zero-order valence-corrected chi connectivity index (χ0v) is 26.1. The van der Waals surface area contributed by atoms with Crippen molar-refractivity contribution < 1.29 is 53.1 Å². The third kappa shape index (κ3) is 3.23. The fourth-order valence-corrected chi connectivity index (χ4v) is 11.2. The Morgan fingerprint density at radius 1 is 1.07 bits per heavy atom. The number of rotatable bonds is 5. The standard InChI is InChI=1S/C33H44O11/c1-7-15(2)27(39)43-28-29(4)19-11-20(35)31(6)25(32(19,14-41-28)21(36)12-22(29)42-16(3)34)24(37)26(38)30(5)18(17-8-9-40-13-17)10-23-33(30,31)44-23/h8-9,13,15,18-23,25-26,28,35-36,38H,7,10-12,14H2,1-6H3/t15?,18-,19-,20+,21-,22+,23+,25-,26-,28+,29+,30+,31+,32+,33+/m0/s1. The third-order valence-electron chi connectivity index (χ3n) is 13.5. The molecule has 11 heteroatoms. The van der Waals surface area contributed by atoms with E-state index in [2.05, 4.69) is 0 Å². The molecule has 1 spiro atoms. The largest absolute Gasteiger partial charge is 0.472 e. The van der Waals surface area contributed by atoms with Crippen LogP contribution in [0, 0.1) is 39.4 Å². The summed E-state index contributed by atoms with van der Waals surface area (Å²) in [6.07, 6.45) is -1.74. The summed E-state index contributed by atoms with van der Waals surface area (Å²) in [4.78, 5) is 40.2. The highest BCUT2D eigenvalue weighted by atomic mass is 16.7. The number of aliphatic hydroxyl groups excluding tert-OH is 3. The first-order valence-corrected chi connectivity index (χ1v) is 15.9. The zero-order chi connectivity index (χ0) is 31.8. The molecular weight excluding hydrogens is 572 g/mol. The number of carbonyl (C=O) groups is 3. The first-order chi connectivity index (χ1) is 20.7. The summed E-state index contributed by atoms with van der Waals surface area (Å²) in [6, 6.07) is 1.84. The van der Waals surface area contributed by atoms with Crippen molar-refractivity contribution in [3.05, 3.63) is 24.2 Å². The molecule has 1 unspecified atom stereocenters. The molecule has 0 amide bonds. The first kappa shape index (κ1) is 30.3. The van der Waals surface area contributed by atoms with Crippen molar-refractivity contribution in [2.45, 2.75) is 116 Å². The minimum absolute atomic E-state index is 0.0223. The lowest BCUT2D eigenvalue weighted by atomic mass is 9.33. The number of aliphatic hydroxyl groups is 3. The van der Waals surface area contributed by atoms with Gasteiger partial charge in [0.05, 0.1) is 48.8 Å². The highest BCUT2D eigenvalue weighted by Crippen LogP contribution is 2.82. The van der Waals surface area contributed by atoms with E-state index in [0.717, 1.165) is 5.56 Å². The maximum absolute atomic E-state index is 14.8. The predicted octanol–water partition coefficient (Wildman–Crippen LogP) is 2.49. The molecule has 15 atom stereocenters. The first-order valence-electron chi connectivity index (χ1n) is 15.9. The summed E-state index contributed by atoms with van der Waals surface area (Å²) in [5.74, 6) is -3.89. The van der Waals surface area contributed by atoms with Crippen LogP contribution >= 0.6 is 0 Å². The Labute approximate surface area is 256 Å². The van der Waals surface area contributed by atoms with Gasteiger partial charge in [-0.1, -0.05) is 27.7 Å². The number of ketones is 1. The van der Waals surface area contributed by atoms with Crippen LogP contribution in [0.5, 0.6) is 0 Å². The van der Waals surface area contributed by atoms with Gasteiger partial charge >= 0.3 is 11.9 Å². The van der Waals surface area contributed by atoms with E-state index in [4.69, 9.17) is 23.4 Å². The predicted molar refractivity (Wildman–Crippen MR) is 151 cm³/mol. The van der Waals surface area contributed by atoms with Crippen molar-refractivity contribution in [3.63, 3.8) is 0 Å². The number of Topliss-reactive ketones (excluding diaryl/α,β-unsaturated/α-hetero) is 1. The fraction of sp³-hybridized carbons (Fsp3) is 0.788. The summed E-state index contributed by atoms with van der Waals surface area (Å²) in [6.45, 7) is 10.3. The van der Waals surface area contributed by atoms with Crippen LogP contribution in [0.25, 0.3) is 0 Å². The van der Waals surface area contributed by atoms with Crippen molar-refractivity contribution in [1.82, 2.24) is 0 Å². The third-order valence-corrected chi connectivity index (χ3v) is 13.5. The zero-order valence-electron chi connectivity index (χ0n) is 26.1. The summed E-state index contributed by atoms with van der Waals surface area (Å²) >= 11 is 0. The van der Waals surface area contributed by atoms with Crippen LogP contribution in [-0.4, -0.2) is 82.1 Å². The highest BCUT2D eigenvalue weighted by molar-refractivity contribution is 5.91. The SMILES string of the molecule is CCC(C)C(=O)O[C@H]1OC[C@@]23[C@H]4C(=O)[C@H](O)[C@@]5(C)[C@H](c6ccoc6)C[C@H]6O[C@]65[C@]4(C)[C@H](O)C[C@H]2[C@]1(C)[C@H](OC(C)=O)C[C@@H]3O. The summed E-state index contributed by atoms with van der Waals surface area (Å²) in [5.41, 5.74) is -4.95. The molecule has 4 aliphatic carbocycles. The lowest BCUT2D eigenvalue weighted by Crippen LogP contribution is -2.82. The molecule has 2 saturated heterocycles. The van der Waals surface area contributed by atoms with Crippen molar-refractivity contribution in [3.8, 4) is 0 Å². The highest BCUT2D eigenvalue weighted by Gasteiger charge is 2.92. The molecule has 3 heterocycles. The number of ether oxygens (including phenoxy) is 4. The average Bonchev–Trinajstić information content (AvgIpc) is 3.33. The summed E-state index contributed by atoms with van der Waals surface area (Å²) in [7, 11) is 0. The molecule has 6 fully saturated rings. The average molecular weight is 617 g/mol. The second-order valence-corrected chi connectivity index (χ2v) is 15.0. The van der Waals surface area contributed by atoms with Crippen LogP contribution in [0.15, 0.2) is 23.0 Å². The Bertz CT molecular complexity index is 1380. The van der Waals surface area contributed by atoms with Crippen LogP contribution in [0.3, 0.4) is 0 Å². The molecule has 2 bridgehead atoms. The number of fused-ring (bicyclic) bond motifs is 1. The maximum Gasteiger partial charge on any atom is 0.310 e. The van der Waals surface area contributed by atoms with Gasteiger partial charge in [-0.15, -0.1) is 0 Å². The smallest absolute Gasteiger partial charge is 0.310 e. The van der Waals surface area contributed by atoms with Crippen LogP contribution in [0.4, 0.5) is 0 Å². The van der Waals surface area contributed by atoms with Crippen LogP contribution in [0.2, 0.25) is 0 Å². The van der Waals surface area contributed by atoms with Crippen molar-refractivity contribution in [1.29, 1.82) is 0 Å². The molecule has 11 nitrogen and oxygen atoms in total. The van der Waals surface area contributed by atoms with E-state index in [1.54, 1.807) is 26.4 Å². The molecule has 0 radical (unpaired) electrons. The normalized spacial score (nSPS) is 52.6. The monoisotopic (exact) mass is 616 g/mol. The van der Waals surface area contributed by atoms with Gasteiger partial charge in [-0.05, 0) is 43.7 Å². The van der Waals surface area contributed by atoms with E-state index in [-0.39, 0.29) is 31.5 Å². The maximum atomic E-state index is 14.8. The lowest BCUT2D eigenvalue weighted by molar-refractivity contribution is -0.374. The molecule has 44 heavy (non-hydrogen) atoms. The van der Waals surface area contributed by atoms with Gasteiger partial charge in [0.25, 0.3) is 0 Å². The van der Waals surface area contributed by atoms with Gasteiger partial charge in [-0.3, -0.25) is 14.4 Å². The Hall–Kier alpha value is -2.31. The minimum Gasteiger partial charge on any atom is -0.472 e. The number of furan rings is 1. The fourth-order valence-electron chi connectivity index (χ4n) is 11.2. The molecule has 3 N–H and O–H groups in total. The van der Waals surface area contributed by atoms with Crippen molar-refractivity contribution in [2.24, 2.45) is 39.4 Å². The van der Waals surface area contributed by atoms with Crippen LogP contribution in [0.1, 0.15) is 78.7 Å². The van der Waals surface area contributed by atoms with Gasteiger partial charge in [0.15, 0.2) is 5.78 Å². The van der Waals surface area contributed by atoms with E-state index in [0.29, 0.717) is 12.8 Å². The topological polar surface area (TPSA) is 165 Å². The number of carbonyl (C=O) groups excluding carboxylic acids is 3. The molecule has 242 valence electrons. The van der Waals surface area contributed by atoms with E-state index in [1.165, 1.54) is 6.92 Å². The number of esters is 2. The Morgan fingerprint density at radius 2 is 1.80 bits per heavy atom. The molecule has 7 rings (SSSR count). The number of epoxide rings is 1. The van der Waals surface area contributed by atoms with Gasteiger partial charge in [-0.2, -0.15) is 0 Å². The van der Waals surface area contributed by atoms with Crippen molar-refractivity contribution >= 4 is 17.7 Å².